The largest absolute Gasteiger partial charge is 0.497 e. The number of nitrogens with one attached hydrogen (secondary N) is 2. The van der Waals surface area contributed by atoms with Crippen LogP contribution < -0.4 is 15.4 Å². The smallest absolute Gasteiger partial charge is 0.191 e. The molecular formula is C21H32IN5OS. The molecule has 0 saturated carbocycles. The van der Waals surface area contributed by atoms with Crippen molar-refractivity contribution in [2.75, 3.05) is 33.8 Å². The number of rotatable bonds is 8. The Morgan fingerprint density at radius 2 is 2.10 bits per heavy atom. The molecule has 29 heavy (non-hydrogen) atoms. The molecule has 160 valence electrons. The molecule has 1 saturated heterocycles. The summed E-state index contributed by atoms with van der Waals surface area (Å²) in [5, 5.41) is 7.98. The van der Waals surface area contributed by atoms with Crippen molar-refractivity contribution >= 4 is 41.3 Å². The lowest BCUT2D eigenvalue weighted by atomic mass is 10.1. The van der Waals surface area contributed by atoms with Crippen LogP contribution in [0.5, 0.6) is 5.75 Å². The minimum Gasteiger partial charge on any atom is -0.497 e. The van der Waals surface area contributed by atoms with E-state index in [1.807, 2.05) is 19.3 Å². The maximum absolute atomic E-state index is 5.43. The molecule has 1 aromatic heterocycles. The number of methoxy groups -OCH3 is 1. The summed E-state index contributed by atoms with van der Waals surface area (Å²) in [6.07, 6.45) is 5.52. The molecule has 8 heteroatoms. The molecule has 0 spiro atoms. The van der Waals surface area contributed by atoms with E-state index in [-0.39, 0.29) is 24.0 Å². The highest BCUT2D eigenvalue weighted by Crippen LogP contribution is 2.27. The van der Waals surface area contributed by atoms with Crippen molar-refractivity contribution in [2.45, 2.75) is 38.8 Å². The fraction of sp³-hybridized carbons (Fsp3) is 0.524. The van der Waals surface area contributed by atoms with E-state index in [0.29, 0.717) is 12.6 Å². The van der Waals surface area contributed by atoms with Crippen LogP contribution in [0.2, 0.25) is 0 Å². The average Bonchev–Trinajstić information content (AvgIpc) is 3.42. The predicted octanol–water partition coefficient (Wildman–Crippen LogP) is 3.83. The van der Waals surface area contributed by atoms with Crippen molar-refractivity contribution in [3.63, 3.8) is 0 Å². The van der Waals surface area contributed by atoms with Gasteiger partial charge in [-0.05, 0) is 50.0 Å². The van der Waals surface area contributed by atoms with Crippen LogP contribution in [-0.4, -0.2) is 49.6 Å². The Bertz CT molecular complexity index is 776. The average molecular weight is 529 g/mol. The second-order valence-corrected chi connectivity index (χ2v) is 8.12. The van der Waals surface area contributed by atoms with Gasteiger partial charge in [0.1, 0.15) is 10.8 Å². The summed E-state index contributed by atoms with van der Waals surface area (Å²) in [4.78, 5) is 12.7. The lowest BCUT2D eigenvalue weighted by Gasteiger charge is -2.29. The van der Waals surface area contributed by atoms with Gasteiger partial charge in [0.15, 0.2) is 5.96 Å². The zero-order valence-electron chi connectivity index (χ0n) is 17.5. The van der Waals surface area contributed by atoms with E-state index in [0.717, 1.165) is 42.8 Å². The van der Waals surface area contributed by atoms with Gasteiger partial charge in [-0.1, -0.05) is 19.1 Å². The highest BCUT2D eigenvalue weighted by molar-refractivity contribution is 14.0. The van der Waals surface area contributed by atoms with Crippen LogP contribution in [0.25, 0.3) is 0 Å². The number of hydrogen-bond donors (Lipinski definition) is 2. The monoisotopic (exact) mass is 529 g/mol. The molecule has 6 nitrogen and oxygen atoms in total. The number of ether oxygens (including phenoxy) is 1. The first-order valence-corrected chi connectivity index (χ1v) is 10.8. The first-order chi connectivity index (χ1) is 13.7. The third kappa shape index (κ3) is 6.82. The Morgan fingerprint density at radius 1 is 1.31 bits per heavy atom. The third-order valence-corrected chi connectivity index (χ3v) is 6.25. The van der Waals surface area contributed by atoms with E-state index in [1.54, 1.807) is 18.4 Å². The van der Waals surface area contributed by atoms with E-state index < -0.39 is 0 Å². The number of hydrogen-bond acceptors (Lipinski definition) is 5. The van der Waals surface area contributed by atoms with Crippen LogP contribution in [0.15, 0.2) is 35.5 Å². The van der Waals surface area contributed by atoms with Crippen molar-refractivity contribution in [2.24, 2.45) is 4.99 Å². The van der Waals surface area contributed by atoms with Gasteiger partial charge in [-0.15, -0.1) is 35.3 Å². The number of halogens is 1. The summed E-state index contributed by atoms with van der Waals surface area (Å²) in [6, 6.07) is 8.69. The molecule has 0 radical (unpaired) electrons. The molecule has 2 aromatic rings. The van der Waals surface area contributed by atoms with E-state index in [9.17, 15) is 0 Å². The summed E-state index contributed by atoms with van der Waals surface area (Å²) in [5.74, 6) is 1.71. The van der Waals surface area contributed by atoms with Crippen LogP contribution in [0.3, 0.4) is 0 Å². The van der Waals surface area contributed by atoms with Crippen LogP contribution in [0.4, 0.5) is 0 Å². The lowest BCUT2D eigenvalue weighted by molar-refractivity contribution is 0.245. The van der Waals surface area contributed by atoms with Gasteiger partial charge in [-0.2, -0.15) is 0 Å². The summed E-state index contributed by atoms with van der Waals surface area (Å²) >= 11 is 1.75. The minimum atomic E-state index is 0. The molecule has 0 bridgehead atoms. The summed E-state index contributed by atoms with van der Waals surface area (Å²) in [5.41, 5.74) is 1.27. The number of aromatic nitrogens is 1. The van der Waals surface area contributed by atoms with Gasteiger partial charge in [-0.25, -0.2) is 4.98 Å². The number of aryl methyl sites for hydroxylation is 1. The maximum Gasteiger partial charge on any atom is 0.191 e. The Balaban J connectivity index is 0.00000300. The molecule has 1 aliphatic heterocycles. The van der Waals surface area contributed by atoms with Crippen molar-refractivity contribution in [3.8, 4) is 5.75 Å². The standard InChI is InChI=1S/C21H31N5OS.HI/c1-4-18-13-23-20(28-18)15-25-21(22-2)24-14-19(26-10-5-6-11-26)16-8-7-9-17(12-16)27-3;/h7-9,12-13,19H,4-6,10-11,14-15H2,1-3H3,(H2,22,24,25);1H. The lowest BCUT2D eigenvalue weighted by Crippen LogP contribution is -2.42. The number of guanidine groups is 1. The number of nitrogens with zero attached hydrogens (tertiary/aromatic N) is 3. The van der Waals surface area contributed by atoms with Gasteiger partial charge in [0.25, 0.3) is 0 Å². The molecule has 1 atom stereocenters. The Morgan fingerprint density at radius 3 is 2.76 bits per heavy atom. The van der Waals surface area contributed by atoms with Gasteiger partial charge in [0.05, 0.1) is 19.7 Å². The van der Waals surface area contributed by atoms with Gasteiger partial charge in [0.2, 0.25) is 0 Å². The highest BCUT2D eigenvalue weighted by atomic mass is 127. The topological polar surface area (TPSA) is 61.8 Å². The van der Waals surface area contributed by atoms with Gasteiger partial charge in [0, 0.05) is 24.7 Å². The molecule has 1 aromatic carbocycles. The Labute approximate surface area is 195 Å². The number of benzene rings is 1. The molecule has 0 amide bonds. The molecule has 2 N–H and O–H groups in total. The molecule has 3 rings (SSSR count). The first-order valence-electron chi connectivity index (χ1n) is 9.99. The number of aliphatic imine (C=N–C) groups is 1. The van der Waals surface area contributed by atoms with Gasteiger partial charge < -0.3 is 15.4 Å². The second kappa shape index (κ2) is 12.3. The fourth-order valence-corrected chi connectivity index (χ4v) is 4.33. The Hall–Kier alpha value is -1.39. The SMILES string of the molecule is CCc1cnc(CNC(=NC)NCC(c2cccc(OC)c2)N2CCCC2)s1.I. The molecule has 1 fully saturated rings. The van der Waals surface area contributed by atoms with E-state index in [1.165, 1.54) is 23.3 Å². The molecule has 1 unspecified atom stereocenters. The third-order valence-electron chi connectivity index (χ3n) is 5.10. The highest BCUT2D eigenvalue weighted by Gasteiger charge is 2.24. The maximum atomic E-state index is 5.43. The molecule has 0 aliphatic carbocycles. The zero-order valence-corrected chi connectivity index (χ0v) is 20.6. The van der Waals surface area contributed by atoms with Crippen molar-refractivity contribution in [3.05, 3.63) is 45.9 Å². The second-order valence-electron chi connectivity index (χ2n) is 6.92. The molecule has 2 heterocycles. The van der Waals surface area contributed by atoms with E-state index in [4.69, 9.17) is 4.74 Å². The van der Waals surface area contributed by atoms with Crippen LogP contribution in [0.1, 0.15) is 41.3 Å². The van der Waals surface area contributed by atoms with Crippen LogP contribution in [0, 0.1) is 0 Å². The fourth-order valence-electron chi connectivity index (χ4n) is 3.53. The summed E-state index contributed by atoms with van der Waals surface area (Å²) < 4.78 is 5.43. The predicted molar refractivity (Wildman–Crippen MR) is 132 cm³/mol. The zero-order chi connectivity index (χ0) is 19.8. The van der Waals surface area contributed by atoms with Crippen molar-refractivity contribution in [1.82, 2.24) is 20.5 Å². The van der Waals surface area contributed by atoms with Crippen LogP contribution >= 0.6 is 35.3 Å². The summed E-state index contributed by atoms with van der Waals surface area (Å²) in [7, 11) is 3.53. The van der Waals surface area contributed by atoms with Gasteiger partial charge >= 0.3 is 0 Å². The number of likely N-dealkylation sites (tertiary alicyclic amines) is 1. The first kappa shape index (κ1) is 23.9. The quantitative estimate of drug-likeness (QED) is 0.309. The van der Waals surface area contributed by atoms with E-state index >= 15 is 0 Å². The molecular weight excluding hydrogens is 497 g/mol. The van der Waals surface area contributed by atoms with Crippen molar-refractivity contribution < 1.29 is 4.74 Å². The van der Waals surface area contributed by atoms with Crippen LogP contribution in [-0.2, 0) is 13.0 Å². The van der Waals surface area contributed by atoms with Gasteiger partial charge in [-0.3, -0.25) is 9.89 Å². The number of thiazole rings is 1. The van der Waals surface area contributed by atoms with E-state index in [2.05, 4.69) is 50.6 Å². The summed E-state index contributed by atoms with van der Waals surface area (Å²) in [6.45, 7) is 5.91. The minimum absolute atomic E-state index is 0. The molecule has 1 aliphatic rings. The van der Waals surface area contributed by atoms with Crippen molar-refractivity contribution in [1.29, 1.82) is 0 Å². The normalized spacial score (nSPS) is 15.6. The Kier molecular flexibility index (Phi) is 10.2.